The molecular weight excluding hydrogens is 892 g/mol. The van der Waals surface area contributed by atoms with Gasteiger partial charge in [0.2, 0.25) is 0 Å². The van der Waals surface area contributed by atoms with E-state index in [1.165, 1.54) is 22.3 Å². The molecule has 0 N–H and O–H groups in total. The number of hydrogen-bond donors (Lipinski definition) is 0. The van der Waals surface area contributed by atoms with Crippen LogP contribution in [0.5, 0.6) is 11.5 Å². The maximum atomic E-state index is 6.65. The fourth-order valence-electron chi connectivity index (χ4n) is 7.59. The monoisotopic (exact) mass is 946 g/mol. The zero-order chi connectivity index (χ0) is 40.7. The third-order valence-corrected chi connectivity index (χ3v) is 11.2. The molecule has 0 unspecified atom stereocenters. The van der Waals surface area contributed by atoms with Gasteiger partial charge in [0.25, 0.3) is 0 Å². The molecule has 0 bridgehead atoms. The molecule has 0 saturated heterocycles. The summed E-state index contributed by atoms with van der Waals surface area (Å²) in [6, 6.07) is 44.3. The van der Waals surface area contributed by atoms with Crippen molar-refractivity contribution in [2.75, 3.05) is 9.80 Å². The van der Waals surface area contributed by atoms with Crippen LogP contribution in [0.2, 0.25) is 0 Å². The Morgan fingerprint density at radius 2 is 1.14 bits per heavy atom. The SMILES string of the molecule is CC(C)(C)c1cccc(N2[CH-]N(c3[c-]c(Oc4[c-]c5c(cc4)c4ccc(C(C)(C)C)cc4n5-c4cc(C(C)(C)C)ccn4)ccc3)c3ccc(C(C)(C)C)cc32)c1.[Pt]. The van der Waals surface area contributed by atoms with Crippen molar-refractivity contribution in [3.05, 3.63) is 150 Å². The minimum atomic E-state index is -0.0263. The zero-order valence-electron chi connectivity index (χ0n) is 36.0. The summed E-state index contributed by atoms with van der Waals surface area (Å²) in [5.41, 5.74) is 11.3. The molecule has 5 nitrogen and oxygen atoms in total. The first kappa shape index (κ1) is 41.3. The van der Waals surface area contributed by atoms with Crippen LogP contribution in [-0.2, 0) is 42.7 Å². The van der Waals surface area contributed by atoms with Crippen LogP contribution >= 0.6 is 0 Å². The number of ether oxygens (including phenoxy) is 1. The van der Waals surface area contributed by atoms with E-state index in [4.69, 9.17) is 9.72 Å². The molecule has 0 radical (unpaired) electrons. The van der Waals surface area contributed by atoms with Crippen molar-refractivity contribution in [2.45, 2.75) is 105 Å². The van der Waals surface area contributed by atoms with Crippen LogP contribution in [0.4, 0.5) is 22.7 Å². The average molecular weight is 947 g/mol. The van der Waals surface area contributed by atoms with Gasteiger partial charge in [-0.25, -0.2) is 4.98 Å². The standard InChI is InChI=1S/C52H55N4O.Pt/c1-49(2,3)34-15-13-16-38(27-34)55-33-54(44-24-20-36(29-47(44)55)51(7,8)9)39-17-14-18-40(31-39)57-41-21-23-43-42-22-19-35(50(4,5)6)28-45(42)56(46(43)32-41)48-30-37(25-26-53-48)52(10,11)12;/h13-30,33H,1-12H3;/q-3;. The number of hydrogen-bond acceptors (Lipinski definition) is 4. The molecule has 6 heteroatoms. The summed E-state index contributed by atoms with van der Waals surface area (Å²) in [5.74, 6) is 2.10. The second-order valence-electron chi connectivity index (χ2n) is 19.7. The Morgan fingerprint density at radius 1 is 0.534 bits per heavy atom. The van der Waals surface area contributed by atoms with Gasteiger partial charge in [-0.15, -0.1) is 48.1 Å². The number of pyridine rings is 1. The van der Waals surface area contributed by atoms with E-state index < -0.39 is 0 Å². The molecule has 0 spiro atoms. The van der Waals surface area contributed by atoms with Gasteiger partial charge in [-0.1, -0.05) is 119 Å². The van der Waals surface area contributed by atoms with Gasteiger partial charge in [-0.2, -0.15) is 12.1 Å². The van der Waals surface area contributed by atoms with Crippen molar-refractivity contribution < 1.29 is 25.8 Å². The van der Waals surface area contributed by atoms with Crippen molar-refractivity contribution in [1.29, 1.82) is 0 Å². The van der Waals surface area contributed by atoms with Crippen molar-refractivity contribution >= 4 is 44.6 Å². The average Bonchev–Trinajstić information content (AvgIpc) is 3.69. The summed E-state index contributed by atoms with van der Waals surface area (Å²) < 4.78 is 8.89. The van der Waals surface area contributed by atoms with E-state index in [2.05, 4.69) is 201 Å². The third-order valence-electron chi connectivity index (χ3n) is 11.2. The molecule has 2 aromatic heterocycles. The molecule has 1 aliphatic heterocycles. The van der Waals surface area contributed by atoms with Crippen LogP contribution in [0.3, 0.4) is 0 Å². The number of nitrogens with zero attached hydrogens (tertiary/aromatic N) is 4. The molecule has 0 fully saturated rings. The summed E-state index contributed by atoms with van der Waals surface area (Å²) >= 11 is 0. The predicted octanol–water partition coefficient (Wildman–Crippen LogP) is 14.2. The van der Waals surface area contributed by atoms with Crippen LogP contribution in [0, 0.1) is 18.8 Å². The molecule has 1 aliphatic rings. The number of benzene rings is 5. The molecular formula is C52H55N4OPt-3. The summed E-state index contributed by atoms with van der Waals surface area (Å²) in [5, 5.41) is 2.26. The van der Waals surface area contributed by atoms with E-state index >= 15 is 0 Å². The normalized spacial score (nSPS) is 13.6. The van der Waals surface area contributed by atoms with Crippen LogP contribution < -0.4 is 14.5 Å². The van der Waals surface area contributed by atoms with Crippen molar-refractivity contribution in [1.82, 2.24) is 9.55 Å². The topological polar surface area (TPSA) is 33.5 Å². The largest absolute Gasteiger partial charge is 0.509 e. The van der Waals surface area contributed by atoms with Crippen LogP contribution in [0.15, 0.2) is 109 Å². The van der Waals surface area contributed by atoms with Crippen LogP contribution in [0.1, 0.15) is 105 Å². The second kappa shape index (κ2) is 14.8. The molecule has 8 rings (SSSR count). The number of fused-ring (bicyclic) bond motifs is 4. The second-order valence-corrected chi connectivity index (χ2v) is 19.7. The molecule has 5 aromatic carbocycles. The first-order valence-electron chi connectivity index (χ1n) is 20.1. The summed E-state index contributed by atoms with van der Waals surface area (Å²) in [6.45, 7) is 29.2. The van der Waals surface area contributed by atoms with Gasteiger partial charge in [0.1, 0.15) is 5.82 Å². The Labute approximate surface area is 360 Å². The van der Waals surface area contributed by atoms with E-state index in [1.807, 2.05) is 24.4 Å². The minimum Gasteiger partial charge on any atom is -0.509 e. The number of anilines is 4. The molecule has 7 aromatic rings. The molecule has 58 heavy (non-hydrogen) atoms. The Hall–Kier alpha value is -4.86. The zero-order valence-corrected chi connectivity index (χ0v) is 38.3. The van der Waals surface area contributed by atoms with E-state index in [-0.39, 0.29) is 42.7 Å². The van der Waals surface area contributed by atoms with E-state index in [9.17, 15) is 0 Å². The Balaban J connectivity index is 0.00000512. The maximum absolute atomic E-state index is 6.65. The van der Waals surface area contributed by atoms with Crippen LogP contribution in [-0.4, -0.2) is 9.55 Å². The first-order valence-corrected chi connectivity index (χ1v) is 20.1. The van der Waals surface area contributed by atoms with Gasteiger partial charge in [-0.05, 0) is 91.8 Å². The summed E-state index contributed by atoms with van der Waals surface area (Å²) in [6.07, 6.45) is 1.92. The molecule has 302 valence electrons. The van der Waals surface area contributed by atoms with E-state index in [0.717, 1.165) is 50.4 Å². The Bertz CT molecular complexity index is 2640. The van der Waals surface area contributed by atoms with Crippen molar-refractivity contribution in [3.63, 3.8) is 0 Å². The number of aromatic nitrogens is 2. The van der Waals surface area contributed by atoms with Crippen LogP contribution in [0.25, 0.3) is 27.6 Å². The van der Waals surface area contributed by atoms with Gasteiger partial charge in [0, 0.05) is 61.3 Å². The minimum absolute atomic E-state index is 0. The van der Waals surface area contributed by atoms with Gasteiger partial charge in [0.05, 0.1) is 0 Å². The van der Waals surface area contributed by atoms with E-state index in [1.54, 1.807) is 0 Å². The maximum Gasteiger partial charge on any atom is 0.135 e. The van der Waals surface area contributed by atoms with Gasteiger partial charge in [-0.3, -0.25) is 0 Å². The Kier molecular flexibility index (Phi) is 10.5. The molecule has 0 amide bonds. The molecule has 0 atom stereocenters. The Morgan fingerprint density at radius 3 is 1.84 bits per heavy atom. The first-order chi connectivity index (χ1) is 26.8. The fraction of sp³-hybridized carbons (Fsp3) is 0.308. The van der Waals surface area contributed by atoms with Crippen molar-refractivity contribution in [2.24, 2.45) is 0 Å². The van der Waals surface area contributed by atoms with Gasteiger partial charge in [0.15, 0.2) is 0 Å². The van der Waals surface area contributed by atoms with Gasteiger partial charge >= 0.3 is 0 Å². The number of rotatable bonds is 5. The summed E-state index contributed by atoms with van der Waals surface area (Å²) in [7, 11) is 0. The summed E-state index contributed by atoms with van der Waals surface area (Å²) in [4.78, 5) is 9.43. The molecule has 0 aliphatic carbocycles. The molecule has 0 saturated carbocycles. The fourth-order valence-corrected chi connectivity index (χ4v) is 7.59. The smallest absolute Gasteiger partial charge is 0.135 e. The quantitative estimate of drug-likeness (QED) is 0.161. The van der Waals surface area contributed by atoms with Crippen molar-refractivity contribution in [3.8, 4) is 17.3 Å². The predicted molar refractivity (Wildman–Crippen MR) is 239 cm³/mol. The van der Waals surface area contributed by atoms with Gasteiger partial charge < -0.3 is 19.1 Å². The molecule has 3 heterocycles. The third kappa shape index (κ3) is 7.83. The van der Waals surface area contributed by atoms with E-state index in [0.29, 0.717) is 11.5 Å².